The molecule has 3 aromatic carbocycles. The summed E-state index contributed by atoms with van der Waals surface area (Å²) >= 11 is 12.5. The van der Waals surface area contributed by atoms with E-state index < -0.39 is 23.5 Å². The number of ether oxygens (including phenoxy) is 1. The Kier molecular flexibility index (Phi) is 6.88. The third kappa shape index (κ3) is 4.56. The second kappa shape index (κ2) is 10.1. The highest BCUT2D eigenvalue weighted by atomic mass is 35.5. The van der Waals surface area contributed by atoms with E-state index in [-0.39, 0.29) is 26.9 Å². The molecule has 1 N–H and O–H groups in total. The normalized spacial score (nSPS) is 19.1. The van der Waals surface area contributed by atoms with Gasteiger partial charge < -0.3 is 14.7 Å². The van der Waals surface area contributed by atoms with Crippen LogP contribution in [0.15, 0.2) is 66.2 Å². The summed E-state index contributed by atoms with van der Waals surface area (Å²) < 4.78 is 5.41. The highest BCUT2D eigenvalue weighted by molar-refractivity contribution is 6.52. The number of hydrogen-bond acceptors (Lipinski definition) is 5. The van der Waals surface area contributed by atoms with Crippen molar-refractivity contribution in [1.82, 2.24) is 0 Å². The van der Waals surface area contributed by atoms with Crippen molar-refractivity contribution in [2.45, 2.75) is 25.8 Å². The van der Waals surface area contributed by atoms with Crippen LogP contribution in [0.2, 0.25) is 10.0 Å². The lowest BCUT2D eigenvalue weighted by molar-refractivity contribution is -0.132. The topological polar surface area (TPSA) is 70.1 Å². The summed E-state index contributed by atoms with van der Waals surface area (Å²) in [6.07, 6.45) is 2.31. The van der Waals surface area contributed by atoms with Crippen LogP contribution in [0.1, 0.15) is 35.6 Å². The molecule has 3 aromatic rings. The molecular weight excluding hydrogens is 511 g/mol. The van der Waals surface area contributed by atoms with Crippen LogP contribution in [0.5, 0.6) is 5.75 Å². The number of amides is 1. The van der Waals surface area contributed by atoms with Gasteiger partial charge >= 0.3 is 0 Å². The third-order valence-corrected chi connectivity index (χ3v) is 7.37. The van der Waals surface area contributed by atoms with E-state index in [9.17, 15) is 14.7 Å². The quantitative estimate of drug-likeness (QED) is 0.228. The first kappa shape index (κ1) is 25.2. The Hall–Kier alpha value is -3.48. The van der Waals surface area contributed by atoms with Crippen molar-refractivity contribution in [1.29, 1.82) is 0 Å². The van der Waals surface area contributed by atoms with E-state index in [0.717, 1.165) is 37.2 Å². The Labute approximate surface area is 225 Å². The molecule has 1 unspecified atom stereocenters. The monoisotopic (exact) mass is 536 g/mol. The van der Waals surface area contributed by atoms with Crippen LogP contribution in [0.25, 0.3) is 5.76 Å². The van der Waals surface area contributed by atoms with Crippen LogP contribution in [0, 0.1) is 6.92 Å². The Morgan fingerprint density at radius 1 is 0.973 bits per heavy atom. The molecule has 1 amide bonds. The molecule has 2 saturated heterocycles. The zero-order chi connectivity index (χ0) is 26.3. The lowest BCUT2D eigenvalue weighted by Crippen LogP contribution is -2.29. The molecule has 2 aliphatic rings. The van der Waals surface area contributed by atoms with Crippen LogP contribution in [0.4, 0.5) is 11.4 Å². The first-order valence-electron chi connectivity index (χ1n) is 12.1. The summed E-state index contributed by atoms with van der Waals surface area (Å²) in [5.74, 6) is -1.77. The second-order valence-corrected chi connectivity index (χ2v) is 10.1. The van der Waals surface area contributed by atoms with Gasteiger partial charge in [0.2, 0.25) is 0 Å². The molecule has 5 rings (SSSR count). The van der Waals surface area contributed by atoms with Gasteiger partial charge in [-0.1, -0.05) is 53.0 Å². The van der Waals surface area contributed by atoms with Crippen LogP contribution >= 0.6 is 23.2 Å². The number of halogens is 2. The summed E-state index contributed by atoms with van der Waals surface area (Å²) in [6, 6.07) is 17.2. The van der Waals surface area contributed by atoms with Crippen molar-refractivity contribution in [3.05, 3.63) is 93.0 Å². The number of Topliss-reactive ketones (excluding diaryl/α,β-unsaturated/α-hetero) is 1. The van der Waals surface area contributed by atoms with Gasteiger partial charge in [0.15, 0.2) is 0 Å². The van der Waals surface area contributed by atoms with Gasteiger partial charge in [0.05, 0.1) is 29.3 Å². The highest BCUT2D eigenvalue weighted by Gasteiger charge is 2.47. The average molecular weight is 537 g/mol. The Balaban J connectivity index is 1.68. The van der Waals surface area contributed by atoms with Crippen LogP contribution < -0.4 is 14.5 Å². The standard InChI is InChI=1S/C29H26Cl2N2O4/c1-17-6-5-7-18(14-17)25-24(26(34)22-15-19(30)16-23(31)28(22)37-2)27(35)29(36)33(25)21-10-8-20(9-11-21)32-12-3-4-13-32/h5-11,14-16,25,34H,3-4,12-13H2,1-2H3/b26-24+. The van der Waals surface area contributed by atoms with E-state index in [1.165, 1.54) is 24.1 Å². The van der Waals surface area contributed by atoms with Crippen LogP contribution in [-0.2, 0) is 9.59 Å². The van der Waals surface area contributed by atoms with Gasteiger partial charge in [0, 0.05) is 29.5 Å². The van der Waals surface area contributed by atoms with Gasteiger partial charge in [-0.05, 0) is 61.7 Å². The van der Waals surface area contributed by atoms with Crippen molar-refractivity contribution in [3.63, 3.8) is 0 Å². The minimum Gasteiger partial charge on any atom is -0.507 e. The fourth-order valence-electron chi connectivity index (χ4n) is 5.14. The minimum absolute atomic E-state index is 0.0594. The summed E-state index contributed by atoms with van der Waals surface area (Å²) in [5, 5.41) is 11.9. The highest BCUT2D eigenvalue weighted by Crippen LogP contribution is 2.45. The first-order valence-corrected chi connectivity index (χ1v) is 12.8. The number of ketones is 1. The SMILES string of the molecule is COc1c(Cl)cc(Cl)cc1/C(O)=C1\C(=O)C(=O)N(c2ccc(N3CCCC3)cc2)C1c1cccc(C)c1. The summed E-state index contributed by atoms with van der Waals surface area (Å²) in [7, 11) is 1.41. The second-order valence-electron chi connectivity index (χ2n) is 9.26. The molecule has 0 radical (unpaired) electrons. The van der Waals surface area contributed by atoms with E-state index in [1.54, 1.807) is 0 Å². The Morgan fingerprint density at radius 3 is 2.30 bits per heavy atom. The van der Waals surface area contributed by atoms with Gasteiger partial charge in [-0.25, -0.2) is 0 Å². The molecule has 2 heterocycles. The third-order valence-electron chi connectivity index (χ3n) is 6.87. The molecule has 2 aliphatic heterocycles. The van der Waals surface area contributed by atoms with Crippen molar-refractivity contribution in [2.24, 2.45) is 0 Å². The zero-order valence-electron chi connectivity index (χ0n) is 20.5. The van der Waals surface area contributed by atoms with Gasteiger partial charge in [0.25, 0.3) is 11.7 Å². The number of benzene rings is 3. The van der Waals surface area contributed by atoms with E-state index in [4.69, 9.17) is 27.9 Å². The fourth-order valence-corrected chi connectivity index (χ4v) is 5.71. The van der Waals surface area contributed by atoms with Crippen molar-refractivity contribution in [2.75, 3.05) is 30.0 Å². The molecule has 0 spiro atoms. The Morgan fingerprint density at radius 2 is 1.65 bits per heavy atom. The van der Waals surface area contributed by atoms with Gasteiger partial charge in [-0.15, -0.1) is 0 Å². The van der Waals surface area contributed by atoms with Gasteiger partial charge in [-0.2, -0.15) is 0 Å². The number of aliphatic hydroxyl groups excluding tert-OH is 1. The maximum Gasteiger partial charge on any atom is 0.300 e. The lowest BCUT2D eigenvalue weighted by Gasteiger charge is -2.26. The molecule has 1 atom stereocenters. The molecule has 37 heavy (non-hydrogen) atoms. The predicted molar refractivity (Wildman–Crippen MR) is 147 cm³/mol. The lowest BCUT2D eigenvalue weighted by atomic mass is 9.94. The van der Waals surface area contributed by atoms with Crippen LogP contribution in [-0.4, -0.2) is 37.0 Å². The smallest absolute Gasteiger partial charge is 0.300 e. The molecule has 0 aliphatic carbocycles. The number of carbonyl (C=O) groups excluding carboxylic acids is 2. The first-order chi connectivity index (χ1) is 17.8. The van der Waals surface area contributed by atoms with Gasteiger partial charge in [0.1, 0.15) is 11.5 Å². The maximum absolute atomic E-state index is 13.5. The van der Waals surface area contributed by atoms with Crippen molar-refractivity contribution >= 4 is 52.0 Å². The number of hydrogen-bond donors (Lipinski definition) is 1. The fraction of sp³-hybridized carbons (Fsp3) is 0.241. The molecule has 8 heteroatoms. The number of aliphatic hydroxyl groups is 1. The van der Waals surface area contributed by atoms with Gasteiger partial charge in [-0.3, -0.25) is 14.5 Å². The minimum atomic E-state index is -0.861. The molecule has 0 bridgehead atoms. The van der Waals surface area contributed by atoms with Crippen molar-refractivity contribution < 1.29 is 19.4 Å². The average Bonchev–Trinajstić information content (AvgIpc) is 3.51. The molecule has 0 saturated carbocycles. The molecule has 0 aromatic heterocycles. The summed E-state index contributed by atoms with van der Waals surface area (Å²) in [6.45, 7) is 3.93. The molecular formula is C29H26Cl2N2O4. The maximum atomic E-state index is 13.5. The molecule has 190 valence electrons. The molecule has 6 nitrogen and oxygen atoms in total. The zero-order valence-corrected chi connectivity index (χ0v) is 22.0. The number of aryl methyl sites for hydroxylation is 1. The van der Waals surface area contributed by atoms with Crippen LogP contribution in [0.3, 0.4) is 0 Å². The summed E-state index contributed by atoms with van der Waals surface area (Å²) in [4.78, 5) is 30.7. The van der Waals surface area contributed by atoms with E-state index >= 15 is 0 Å². The van der Waals surface area contributed by atoms with E-state index in [1.807, 2.05) is 55.5 Å². The number of methoxy groups -OCH3 is 1. The number of rotatable bonds is 5. The Bertz CT molecular complexity index is 1410. The summed E-state index contributed by atoms with van der Waals surface area (Å²) in [5.41, 5.74) is 3.36. The predicted octanol–water partition coefficient (Wildman–Crippen LogP) is 6.54. The largest absolute Gasteiger partial charge is 0.507 e. The number of carbonyl (C=O) groups is 2. The van der Waals surface area contributed by atoms with E-state index in [2.05, 4.69) is 4.90 Å². The van der Waals surface area contributed by atoms with E-state index in [0.29, 0.717) is 11.3 Å². The molecule has 2 fully saturated rings. The number of nitrogens with zero attached hydrogens (tertiary/aromatic N) is 2. The number of anilines is 2. The van der Waals surface area contributed by atoms with Crippen molar-refractivity contribution in [3.8, 4) is 5.75 Å².